The molecule has 0 N–H and O–H groups in total. The van der Waals surface area contributed by atoms with E-state index in [-0.39, 0.29) is 11.8 Å². The molecule has 1 amide bonds. The number of anilines is 1. The number of allylic oxidation sites excluding steroid dienone is 1. The van der Waals surface area contributed by atoms with Gasteiger partial charge in [-0.1, -0.05) is 46.8 Å². The number of carbonyl (C=O) groups excluding carboxylic acids is 1. The molecule has 0 radical (unpaired) electrons. The topological polar surface area (TPSA) is 38.1 Å². The highest BCUT2D eigenvalue weighted by Crippen LogP contribution is 2.36. The second-order valence-corrected chi connectivity index (χ2v) is 8.39. The Kier molecular flexibility index (Phi) is 4.71. The lowest BCUT2D eigenvalue weighted by molar-refractivity contribution is -0.117. The number of amides is 1. The minimum Gasteiger partial charge on any atom is -0.323 e. The Morgan fingerprint density at radius 2 is 1.92 bits per heavy atom. The molecule has 4 rings (SSSR count). The minimum absolute atomic E-state index is 0.0499. The van der Waals surface area contributed by atoms with E-state index in [0.717, 1.165) is 31.5 Å². The van der Waals surface area contributed by atoms with Crippen LogP contribution >= 0.6 is 31.9 Å². The van der Waals surface area contributed by atoms with E-state index in [9.17, 15) is 4.79 Å². The van der Waals surface area contributed by atoms with Gasteiger partial charge in [0.05, 0.1) is 23.3 Å². The minimum atomic E-state index is 0.0499. The zero-order valence-corrected chi connectivity index (χ0v) is 17.2. The van der Waals surface area contributed by atoms with Crippen LogP contribution in [0.5, 0.6) is 0 Å². The Labute approximate surface area is 168 Å². The molecule has 1 aromatic heterocycles. The van der Waals surface area contributed by atoms with E-state index < -0.39 is 0 Å². The van der Waals surface area contributed by atoms with E-state index in [1.165, 1.54) is 0 Å². The van der Waals surface area contributed by atoms with Crippen molar-refractivity contribution in [3.63, 3.8) is 0 Å². The summed E-state index contributed by atoms with van der Waals surface area (Å²) in [4.78, 5) is 19.4. The molecule has 0 spiro atoms. The van der Waals surface area contributed by atoms with Crippen LogP contribution in [-0.4, -0.2) is 22.0 Å². The summed E-state index contributed by atoms with van der Waals surface area (Å²) in [5, 5.41) is 0. The Balaban J connectivity index is 1.73. The molecule has 0 aliphatic carbocycles. The van der Waals surface area contributed by atoms with Crippen molar-refractivity contribution < 1.29 is 4.79 Å². The number of carbonyl (C=O) groups is 1. The van der Waals surface area contributed by atoms with E-state index >= 15 is 0 Å². The van der Waals surface area contributed by atoms with E-state index in [1.54, 1.807) is 0 Å². The lowest BCUT2D eigenvalue weighted by Gasteiger charge is -2.18. The molecule has 2 aromatic carbocycles. The zero-order valence-electron chi connectivity index (χ0n) is 14.0. The summed E-state index contributed by atoms with van der Waals surface area (Å²) in [7, 11) is 0. The predicted octanol–water partition coefficient (Wildman–Crippen LogP) is 5.23. The van der Waals surface area contributed by atoms with Crippen molar-refractivity contribution in [2.24, 2.45) is 0 Å². The van der Waals surface area contributed by atoms with Crippen molar-refractivity contribution in [3.05, 3.63) is 69.9 Å². The molecule has 0 saturated carbocycles. The summed E-state index contributed by atoms with van der Waals surface area (Å²) in [5.74, 6) is 1.11. The lowest BCUT2D eigenvalue weighted by atomic mass is 10.1. The average molecular weight is 475 g/mol. The van der Waals surface area contributed by atoms with Crippen LogP contribution in [0.15, 0.2) is 64.1 Å². The second kappa shape index (κ2) is 7.00. The summed E-state index contributed by atoms with van der Waals surface area (Å²) < 4.78 is 3.97. The highest BCUT2D eigenvalue weighted by Gasteiger charge is 2.35. The Bertz CT molecular complexity index is 1010. The molecule has 26 heavy (non-hydrogen) atoms. The molecular weight excluding hydrogens is 458 g/mol. The maximum Gasteiger partial charge on any atom is 0.227 e. The number of rotatable bonds is 4. The van der Waals surface area contributed by atoms with Gasteiger partial charge in [-0.05, 0) is 40.2 Å². The third-order valence-corrected chi connectivity index (χ3v) is 5.57. The lowest BCUT2D eigenvalue weighted by Crippen LogP contribution is -2.25. The van der Waals surface area contributed by atoms with Gasteiger partial charge in [0.15, 0.2) is 0 Å². The molecule has 6 heteroatoms. The first-order valence-corrected chi connectivity index (χ1v) is 9.96. The number of para-hydroxylation sites is 3. The van der Waals surface area contributed by atoms with Crippen molar-refractivity contribution in [1.29, 1.82) is 0 Å². The van der Waals surface area contributed by atoms with Gasteiger partial charge in [-0.25, -0.2) is 4.98 Å². The molecule has 1 aliphatic rings. The summed E-state index contributed by atoms with van der Waals surface area (Å²) in [6.45, 7) is 5.24. The molecular formula is C20H17Br2N3O. The van der Waals surface area contributed by atoms with E-state index in [2.05, 4.69) is 49.1 Å². The van der Waals surface area contributed by atoms with Crippen LogP contribution in [0, 0.1) is 0 Å². The van der Waals surface area contributed by atoms with Crippen LogP contribution in [0.1, 0.15) is 18.2 Å². The number of fused-ring (bicyclic) bond motifs is 1. The fourth-order valence-electron chi connectivity index (χ4n) is 3.53. The second-order valence-electron chi connectivity index (χ2n) is 6.42. The summed E-state index contributed by atoms with van der Waals surface area (Å²) in [5.41, 5.74) is 2.92. The van der Waals surface area contributed by atoms with Crippen molar-refractivity contribution in [1.82, 2.24) is 9.55 Å². The quantitative estimate of drug-likeness (QED) is 0.519. The first-order chi connectivity index (χ1) is 12.5. The summed E-state index contributed by atoms with van der Waals surface area (Å²) in [6, 6.07) is 15.9. The number of aromatic nitrogens is 2. The number of benzene rings is 2. The Morgan fingerprint density at radius 1 is 1.19 bits per heavy atom. The van der Waals surface area contributed by atoms with Crippen LogP contribution in [0.25, 0.3) is 11.0 Å². The predicted molar refractivity (Wildman–Crippen MR) is 112 cm³/mol. The molecule has 1 unspecified atom stereocenters. The van der Waals surface area contributed by atoms with Crippen molar-refractivity contribution >= 4 is 54.5 Å². The van der Waals surface area contributed by atoms with Crippen molar-refractivity contribution in [2.75, 3.05) is 11.4 Å². The van der Waals surface area contributed by atoms with Crippen LogP contribution in [0.2, 0.25) is 0 Å². The van der Waals surface area contributed by atoms with Gasteiger partial charge in [-0.2, -0.15) is 0 Å². The van der Waals surface area contributed by atoms with Gasteiger partial charge < -0.3 is 9.47 Å². The van der Waals surface area contributed by atoms with Gasteiger partial charge in [-0.15, -0.1) is 0 Å². The molecule has 4 nitrogen and oxygen atoms in total. The third-order valence-electron chi connectivity index (χ3n) is 4.65. The molecule has 2 heterocycles. The number of imidazole rings is 1. The fourth-order valence-corrected chi connectivity index (χ4v) is 4.28. The van der Waals surface area contributed by atoms with Gasteiger partial charge in [0, 0.05) is 27.8 Å². The molecule has 1 aliphatic heterocycles. The van der Waals surface area contributed by atoms with Crippen LogP contribution in [0.3, 0.4) is 0 Å². The Hall–Kier alpha value is -1.92. The van der Waals surface area contributed by atoms with Crippen molar-refractivity contribution in [3.8, 4) is 0 Å². The van der Waals surface area contributed by atoms with Crippen LogP contribution < -0.4 is 4.90 Å². The van der Waals surface area contributed by atoms with Gasteiger partial charge in [0.25, 0.3) is 0 Å². The summed E-state index contributed by atoms with van der Waals surface area (Å²) >= 11 is 7.02. The van der Waals surface area contributed by atoms with Gasteiger partial charge in [-0.3, -0.25) is 4.79 Å². The number of hydrogen-bond donors (Lipinski definition) is 0. The largest absolute Gasteiger partial charge is 0.323 e. The maximum atomic E-state index is 12.7. The fraction of sp³-hybridized carbons (Fsp3) is 0.200. The first kappa shape index (κ1) is 17.5. The standard InChI is InChI=1S/C20H17Br2N3O/c1-13(21)11-25-18-9-5-3-7-16(18)23-20(25)14-10-19(26)24(12-14)17-8-4-2-6-15(17)22/h2-9,14H,1,10-12H2. The first-order valence-electron chi connectivity index (χ1n) is 8.38. The molecule has 1 saturated heterocycles. The molecule has 132 valence electrons. The number of nitrogens with zero attached hydrogens (tertiary/aromatic N) is 3. The normalized spacial score (nSPS) is 17.2. The van der Waals surface area contributed by atoms with Gasteiger partial charge in [0.2, 0.25) is 5.91 Å². The zero-order chi connectivity index (χ0) is 18.3. The molecule has 1 atom stereocenters. The van der Waals surface area contributed by atoms with Gasteiger partial charge >= 0.3 is 0 Å². The van der Waals surface area contributed by atoms with E-state index in [0.29, 0.717) is 19.5 Å². The van der Waals surface area contributed by atoms with Crippen molar-refractivity contribution in [2.45, 2.75) is 18.9 Å². The van der Waals surface area contributed by atoms with Crippen LogP contribution in [-0.2, 0) is 11.3 Å². The monoisotopic (exact) mass is 473 g/mol. The molecule has 0 bridgehead atoms. The van der Waals surface area contributed by atoms with Crippen LogP contribution in [0.4, 0.5) is 5.69 Å². The smallest absolute Gasteiger partial charge is 0.227 e. The molecule has 1 fully saturated rings. The third kappa shape index (κ3) is 3.12. The average Bonchev–Trinajstić information content (AvgIpc) is 3.16. The van der Waals surface area contributed by atoms with Gasteiger partial charge in [0.1, 0.15) is 5.82 Å². The number of hydrogen-bond acceptors (Lipinski definition) is 2. The Morgan fingerprint density at radius 3 is 2.69 bits per heavy atom. The maximum absolute atomic E-state index is 12.7. The van der Waals surface area contributed by atoms with E-state index in [1.807, 2.05) is 47.4 Å². The number of halogens is 2. The van der Waals surface area contributed by atoms with E-state index in [4.69, 9.17) is 4.98 Å². The highest BCUT2D eigenvalue weighted by atomic mass is 79.9. The SMILES string of the molecule is C=C(Br)Cn1c(C2CC(=O)N(c3ccccc3Br)C2)nc2ccccc21. The summed E-state index contributed by atoms with van der Waals surface area (Å²) in [6.07, 6.45) is 0.458. The molecule has 3 aromatic rings. The highest BCUT2D eigenvalue weighted by molar-refractivity contribution is 9.11.